The van der Waals surface area contributed by atoms with Gasteiger partial charge in [-0.05, 0) is 24.6 Å². The first-order valence-electron chi connectivity index (χ1n) is 6.61. The molecule has 132 valence electrons. The number of nitrogens with two attached hydrogens (primary N) is 1. The molecule has 0 spiro atoms. The molecule has 10 heteroatoms. The van der Waals surface area contributed by atoms with Gasteiger partial charge in [0.05, 0.1) is 13.1 Å². The maximum atomic E-state index is 12.0. The molecule has 0 aliphatic rings. The molecule has 0 fully saturated rings. The van der Waals surface area contributed by atoms with Gasteiger partial charge in [0.15, 0.2) is 5.96 Å². The summed E-state index contributed by atoms with van der Waals surface area (Å²) in [4.78, 5) is 9.41. The van der Waals surface area contributed by atoms with Gasteiger partial charge >= 0.3 is 6.36 Å². The van der Waals surface area contributed by atoms with Gasteiger partial charge in [0.1, 0.15) is 10.8 Å². The number of halogens is 4. The van der Waals surface area contributed by atoms with Crippen LogP contribution in [0.2, 0.25) is 0 Å². The highest BCUT2D eigenvalue weighted by molar-refractivity contribution is 14.0. The van der Waals surface area contributed by atoms with Gasteiger partial charge in [-0.2, -0.15) is 0 Å². The summed E-state index contributed by atoms with van der Waals surface area (Å²) in [5, 5.41) is 3.82. The molecule has 3 N–H and O–H groups in total. The minimum Gasteiger partial charge on any atom is -0.406 e. The van der Waals surface area contributed by atoms with Crippen molar-refractivity contribution >= 4 is 41.3 Å². The standard InChI is InChI=1S/C14H15F3N4OS.HI/c1-9-6-19-12(23-9)8-21-13(18)20-7-10-2-4-11(5-3-10)22-14(15,16)17;/h2-6H,7-8H2,1H3,(H3,18,20,21);1H. The Balaban J connectivity index is 0.00000288. The number of guanidine groups is 1. The molecule has 0 radical (unpaired) electrons. The fourth-order valence-corrected chi connectivity index (χ4v) is 2.41. The Labute approximate surface area is 158 Å². The lowest BCUT2D eigenvalue weighted by molar-refractivity contribution is -0.274. The second-order valence-electron chi connectivity index (χ2n) is 4.61. The molecule has 1 aromatic carbocycles. The predicted molar refractivity (Wildman–Crippen MR) is 97.6 cm³/mol. The molecule has 0 unspecified atom stereocenters. The zero-order valence-electron chi connectivity index (χ0n) is 12.6. The maximum absolute atomic E-state index is 12.0. The highest BCUT2D eigenvalue weighted by atomic mass is 127. The lowest BCUT2D eigenvalue weighted by Crippen LogP contribution is -2.31. The van der Waals surface area contributed by atoms with E-state index in [1.807, 2.05) is 6.92 Å². The van der Waals surface area contributed by atoms with Crippen LogP contribution >= 0.6 is 35.3 Å². The van der Waals surface area contributed by atoms with Gasteiger partial charge in [0, 0.05) is 11.1 Å². The van der Waals surface area contributed by atoms with E-state index in [2.05, 4.69) is 20.0 Å². The maximum Gasteiger partial charge on any atom is 0.573 e. The molecule has 0 amide bonds. The molecule has 1 heterocycles. The monoisotopic (exact) mass is 472 g/mol. The van der Waals surface area contributed by atoms with Gasteiger partial charge in [-0.3, -0.25) is 0 Å². The Morgan fingerprint density at radius 1 is 1.33 bits per heavy atom. The molecule has 0 aliphatic carbocycles. The van der Waals surface area contributed by atoms with Crippen LogP contribution in [0.25, 0.3) is 0 Å². The quantitative estimate of drug-likeness (QED) is 0.397. The van der Waals surface area contributed by atoms with Crippen LogP contribution in [0.4, 0.5) is 13.2 Å². The third-order valence-corrected chi connectivity index (χ3v) is 3.59. The van der Waals surface area contributed by atoms with Crippen molar-refractivity contribution in [2.75, 3.05) is 0 Å². The summed E-state index contributed by atoms with van der Waals surface area (Å²) in [5.41, 5.74) is 6.45. The third kappa shape index (κ3) is 7.34. The van der Waals surface area contributed by atoms with Gasteiger partial charge in [-0.25, -0.2) is 9.98 Å². The number of aryl methyl sites for hydroxylation is 1. The number of rotatable bonds is 5. The van der Waals surface area contributed by atoms with E-state index >= 15 is 0 Å². The first-order chi connectivity index (χ1) is 10.8. The van der Waals surface area contributed by atoms with E-state index in [0.717, 1.165) is 15.4 Å². The van der Waals surface area contributed by atoms with Crippen molar-refractivity contribution in [2.24, 2.45) is 10.7 Å². The minimum absolute atomic E-state index is 0. The first-order valence-corrected chi connectivity index (χ1v) is 7.43. The van der Waals surface area contributed by atoms with Crippen LogP contribution in [0, 0.1) is 6.92 Å². The zero-order valence-corrected chi connectivity index (χ0v) is 15.8. The second kappa shape index (κ2) is 9.06. The summed E-state index contributed by atoms with van der Waals surface area (Å²) in [6.07, 6.45) is -2.91. The highest BCUT2D eigenvalue weighted by Gasteiger charge is 2.30. The Hall–Kier alpha value is -1.56. The fraction of sp³-hybridized carbons (Fsp3) is 0.286. The number of ether oxygens (including phenoxy) is 1. The summed E-state index contributed by atoms with van der Waals surface area (Å²) in [6, 6.07) is 5.48. The SMILES string of the molecule is Cc1cnc(CNC(N)=NCc2ccc(OC(F)(F)F)cc2)s1.I. The van der Waals surface area contributed by atoms with Crippen molar-refractivity contribution in [2.45, 2.75) is 26.4 Å². The molecule has 24 heavy (non-hydrogen) atoms. The number of thiazole rings is 1. The van der Waals surface area contributed by atoms with Gasteiger partial charge in [0.2, 0.25) is 0 Å². The van der Waals surface area contributed by atoms with Crippen molar-refractivity contribution in [3.05, 3.63) is 45.9 Å². The number of aromatic nitrogens is 1. The molecule has 0 aliphatic heterocycles. The first kappa shape index (κ1) is 20.5. The Morgan fingerprint density at radius 2 is 2.00 bits per heavy atom. The Bertz CT molecular complexity index is 673. The van der Waals surface area contributed by atoms with Gasteiger partial charge in [-0.1, -0.05) is 12.1 Å². The van der Waals surface area contributed by atoms with Crippen molar-refractivity contribution in [1.29, 1.82) is 0 Å². The topological polar surface area (TPSA) is 72.5 Å². The van der Waals surface area contributed by atoms with Crippen molar-refractivity contribution in [1.82, 2.24) is 10.3 Å². The summed E-state index contributed by atoms with van der Waals surface area (Å²) in [5.74, 6) is -0.0241. The van der Waals surface area contributed by atoms with E-state index in [-0.39, 0.29) is 42.2 Å². The lowest BCUT2D eigenvalue weighted by Gasteiger charge is -2.09. The number of nitrogens with one attached hydrogen (secondary N) is 1. The third-order valence-electron chi connectivity index (χ3n) is 2.68. The number of alkyl halides is 3. The van der Waals surface area contributed by atoms with Crippen LogP contribution in [0.5, 0.6) is 5.75 Å². The summed E-state index contributed by atoms with van der Waals surface area (Å²) in [6.45, 7) is 2.69. The average molecular weight is 472 g/mol. The normalized spacial score (nSPS) is 11.8. The highest BCUT2D eigenvalue weighted by Crippen LogP contribution is 2.22. The number of nitrogens with zero attached hydrogens (tertiary/aromatic N) is 2. The molecule has 0 saturated heterocycles. The van der Waals surface area contributed by atoms with Gasteiger partial charge < -0.3 is 15.8 Å². The van der Waals surface area contributed by atoms with Crippen LogP contribution in [0.1, 0.15) is 15.4 Å². The van der Waals surface area contributed by atoms with Gasteiger partial charge in [-0.15, -0.1) is 48.5 Å². The van der Waals surface area contributed by atoms with Crippen molar-refractivity contribution in [3.63, 3.8) is 0 Å². The fourth-order valence-electron chi connectivity index (χ4n) is 1.68. The van der Waals surface area contributed by atoms with Gasteiger partial charge in [0.25, 0.3) is 0 Å². The van der Waals surface area contributed by atoms with Crippen LogP contribution < -0.4 is 15.8 Å². The van der Waals surface area contributed by atoms with Crippen LogP contribution in [0.3, 0.4) is 0 Å². The molecular weight excluding hydrogens is 456 g/mol. The molecule has 2 rings (SSSR count). The van der Waals surface area contributed by atoms with E-state index in [4.69, 9.17) is 5.73 Å². The molecular formula is C14H16F3IN4OS. The summed E-state index contributed by atoms with van der Waals surface area (Å²) >= 11 is 1.56. The molecule has 0 saturated carbocycles. The molecule has 2 aromatic rings. The smallest absolute Gasteiger partial charge is 0.406 e. The van der Waals surface area contributed by atoms with Crippen molar-refractivity contribution < 1.29 is 17.9 Å². The average Bonchev–Trinajstić information content (AvgIpc) is 2.88. The van der Waals surface area contributed by atoms with Crippen molar-refractivity contribution in [3.8, 4) is 5.75 Å². The Kier molecular flexibility index (Phi) is 7.73. The predicted octanol–water partition coefficient (Wildman–Crippen LogP) is 3.57. The Morgan fingerprint density at radius 3 is 2.54 bits per heavy atom. The lowest BCUT2D eigenvalue weighted by atomic mass is 10.2. The summed E-state index contributed by atoms with van der Waals surface area (Å²) < 4.78 is 39.9. The number of hydrogen-bond donors (Lipinski definition) is 2. The number of aliphatic imine (C=N–C) groups is 1. The largest absolute Gasteiger partial charge is 0.573 e. The zero-order chi connectivity index (χ0) is 16.9. The van der Waals surface area contributed by atoms with Crippen LogP contribution in [-0.2, 0) is 13.1 Å². The van der Waals surface area contributed by atoms with E-state index in [1.165, 1.54) is 24.3 Å². The molecule has 1 aromatic heterocycles. The van der Waals surface area contributed by atoms with E-state index in [1.54, 1.807) is 17.5 Å². The minimum atomic E-state index is -4.69. The van der Waals surface area contributed by atoms with E-state index < -0.39 is 6.36 Å². The summed E-state index contributed by atoms with van der Waals surface area (Å²) in [7, 11) is 0. The van der Waals surface area contributed by atoms with Crippen LogP contribution in [-0.4, -0.2) is 17.3 Å². The van der Waals surface area contributed by atoms with Crippen LogP contribution in [0.15, 0.2) is 35.5 Å². The molecule has 0 atom stereocenters. The van der Waals surface area contributed by atoms with E-state index in [0.29, 0.717) is 6.54 Å². The second-order valence-corrected chi connectivity index (χ2v) is 5.93. The molecule has 0 bridgehead atoms. The number of benzene rings is 1. The van der Waals surface area contributed by atoms with E-state index in [9.17, 15) is 13.2 Å². The number of hydrogen-bond acceptors (Lipinski definition) is 4. The molecule has 5 nitrogen and oxygen atoms in total.